The summed E-state index contributed by atoms with van der Waals surface area (Å²) in [7, 11) is 0. The molecular weight excluding hydrogens is 227 g/mol. The molecule has 0 saturated carbocycles. The van der Waals surface area contributed by atoms with E-state index < -0.39 is 0 Å². The lowest BCUT2D eigenvalue weighted by atomic mass is 9.86. The summed E-state index contributed by atoms with van der Waals surface area (Å²) in [4.78, 5) is 0. The minimum Gasteiger partial charge on any atom is -0.392 e. The molecule has 101 valence electrons. The van der Waals surface area contributed by atoms with Gasteiger partial charge in [-0.25, -0.2) is 4.39 Å². The van der Waals surface area contributed by atoms with Crippen LogP contribution in [0, 0.1) is 12.7 Å². The van der Waals surface area contributed by atoms with Gasteiger partial charge in [0.25, 0.3) is 0 Å². The SMILES string of the molecule is [CH2]CCc1c(C(C)C)cc(C(C)C)c(CO)c1F. The van der Waals surface area contributed by atoms with Crippen molar-refractivity contribution in [3.8, 4) is 0 Å². The van der Waals surface area contributed by atoms with Gasteiger partial charge in [0.15, 0.2) is 0 Å². The van der Waals surface area contributed by atoms with E-state index in [1.807, 2.05) is 13.8 Å². The molecule has 0 saturated heterocycles. The van der Waals surface area contributed by atoms with Crippen molar-refractivity contribution in [1.82, 2.24) is 0 Å². The molecule has 1 radical (unpaired) electrons. The molecule has 0 aromatic heterocycles. The maximum absolute atomic E-state index is 14.5. The zero-order valence-corrected chi connectivity index (χ0v) is 11.9. The van der Waals surface area contributed by atoms with Crippen molar-refractivity contribution >= 4 is 0 Å². The molecule has 18 heavy (non-hydrogen) atoms. The third kappa shape index (κ3) is 2.92. The fourth-order valence-corrected chi connectivity index (χ4v) is 2.40. The van der Waals surface area contributed by atoms with Crippen LogP contribution in [0.25, 0.3) is 0 Å². The van der Waals surface area contributed by atoms with E-state index in [2.05, 4.69) is 26.8 Å². The van der Waals surface area contributed by atoms with E-state index in [9.17, 15) is 9.50 Å². The summed E-state index contributed by atoms with van der Waals surface area (Å²) < 4.78 is 14.5. The Morgan fingerprint density at radius 3 is 2.00 bits per heavy atom. The van der Waals surface area contributed by atoms with Gasteiger partial charge in [-0.15, -0.1) is 0 Å². The van der Waals surface area contributed by atoms with Gasteiger partial charge in [-0.2, -0.15) is 0 Å². The molecule has 2 heteroatoms. The van der Waals surface area contributed by atoms with Crippen molar-refractivity contribution in [3.05, 3.63) is 41.1 Å². The summed E-state index contributed by atoms with van der Waals surface area (Å²) in [6.45, 7) is 11.8. The van der Waals surface area contributed by atoms with E-state index in [0.717, 1.165) is 16.7 Å². The molecule has 1 aromatic carbocycles. The molecule has 1 N–H and O–H groups in total. The molecule has 1 aromatic rings. The van der Waals surface area contributed by atoms with Gasteiger partial charge in [0.1, 0.15) is 5.82 Å². The number of halogens is 1. The van der Waals surface area contributed by atoms with Crippen LogP contribution in [0.5, 0.6) is 0 Å². The van der Waals surface area contributed by atoms with Crippen molar-refractivity contribution in [2.45, 2.75) is 59.0 Å². The van der Waals surface area contributed by atoms with Gasteiger partial charge >= 0.3 is 0 Å². The second-order valence-corrected chi connectivity index (χ2v) is 5.40. The molecule has 0 spiro atoms. The Kier molecular flexibility index (Phi) is 5.33. The van der Waals surface area contributed by atoms with Gasteiger partial charge in [0.05, 0.1) is 6.61 Å². The van der Waals surface area contributed by atoms with Gasteiger partial charge in [0.2, 0.25) is 0 Å². The zero-order valence-electron chi connectivity index (χ0n) is 11.9. The number of benzene rings is 1. The molecular formula is C16H24FO. The van der Waals surface area contributed by atoms with Crippen molar-refractivity contribution in [1.29, 1.82) is 0 Å². The Bertz CT molecular complexity index is 408. The first kappa shape index (κ1) is 15.2. The summed E-state index contributed by atoms with van der Waals surface area (Å²) in [5, 5.41) is 9.41. The van der Waals surface area contributed by atoms with Crippen LogP contribution in [0.15, 0.2) is 6.07 Å². The van der Waals surface area contributed by atoms with Crippen LogP contribution >= 0.6 is 0 Å². The van der Waals surface area contributed by atoms with Gasteiger partial charge in [-0.3, -0.25) is 0 Å². The smallest absolute Gasteiger partial charge is 0.132 e. The van der Waals surface area contributed by atoms with Crippen LogP contribution in [0.3, 0.4) is 0 Å². The Labute approximate surface area is 110 Å². The average Bonchev–Trinajstić information content (AvgIpc) is 2.30. The third-order valence-corrected chi connectivity index (χ3v) is 3.37. The Hall–Kier alpha value is -0.890. The molecule has 0 aliphatic rings. The third-order valence-electron chi connectivity index (χ3n) is 3.37. The van der Waals surface area contributed by atoms with Crippen LogP contribution in [-0.2, 0) is 13.0 Å². The topological polar surface area (TPSA) is 20.2 Å². The minimum absolute atomic E-state index is 0.216. The van der Waals surface area contributed by atoms with Crippen LogP contribution in [0.1, 0.15) is 68.2 Å². The van der Waals surface area contributed by atoms with Crippen LogP contribution < -0.4 is 0 Å². The lowest BCUT2D eigenvalue weighted by molar-refractivity contribution is 0.273. The second-order valence-electron chi connectivity index (χ2n) is 5.40. The Morgan fingerprint density at radius 2 is 1.61 bits per heavy atom. The minimum atomic E-state index is -0.234. The first-order valence-corrected chi connectivity index (χ1v) is 6.68. The lowest BCUT2D eigenvalue weighted by Gasteiger charge is -2.21. The number of hydrogen-bond acceptors (Lipinski definition) is 1. The Balaban J connectivity index is 3.51. The summed E-state index contributed by atoms with van der Waals surface area (Å²) >= 11 is 0. The molecule has 0 fully saturated rings. The predicted octanol–water partition coefficient (Wildman–Crippen LogP) is 4.33. The van der Waals surface area contributed by atoms with Gasteiger partial charge in [-0.1, -0.05) is 40.7 Å². The normalized spacial score (nSPS) is 11.6. The first-order valence-electron chi connectivity index (χ1n) is 6.68. The maximum atomic E-state index is 14.5. The van der Waals surface area contributed by atoms with E-state index in [0.29, 0.717) is 18.4 Å². The standard InChI is InChI=1S/C16H24FO/c1-6-7-12-13(10(2)3)8-14(11(4)5)15(9-18)16(12)17/h8,10-11,18H,1,6-7,9H2,2-5H3. The number of rotatable bonds is 5. The summed E-state index contributed by atoms with van der Waals surface area (Å²) in [6.07, 6.45) is 1.30. The number of aliphatic hydroxyl groups is 1. The lowest BCUT2D eigenvalue weighted by Crippen LogP contribution is -2.09. The molecule has 1 nitrogen and oxygen atoms in total. The molecule has 0 aliphatic heterocycles. The van der Waals surface area contributed by atoms with Crippen molar-refractivity contribution in [3.63, 3.8) is 0 Å². The van der Waals surface area contributed by atoms with Gasteiger partial charge < -0.3 is 5.11 Å². The number of aliphatic hydroxyl groups excluding tert-OH is 1. The molecule has 0 heterocycles. The van der Waals surface area contributed by atoms with Crippen molar-refractivity contribution in [2.24, 2.45) is 0 Å². The summed E-state index contributed by atoms with van der Waals surface area (Å²) in [5.74, 6) is 0.273. The molecule has 0 unspecified atom stereocenters. The fourth-order valence-electron chi connectivity index (χ4n) is 2.40. The highest BCUT2D eigenvalue weighted by Gasteiger charge is 2.20. The summed E-state index contributed by atoms with van der Waals surface area (Å²) in [6, 6.07) is 2.06. The highest BCUT2D eigenvalue weighted by molar-refractivity contribution is 5.43. The predicted molar refractivity (Wildman–Crippen MR) is 74.2 cm³/mol. The Morgan fingerprint density at radius 1 is 1.11 bits per heavy atom. The molecule has 0 amide bonds. The number of hydrogen-bond donors (Lipinski definition) is 1. The highest BCUT2D eigenvalue weighted by atomic mass is 19.1. The molecule has 0 atom stereocenters. The maximum Gasteiger partial charge on any atom is 0.132 e. The van der Waals surface area contributed by atoms with Crippen molar-refractivity contribution in [2.75, 3.05) is 0 Å². The average molecular weight is 251 g/mol. The van der Waals surface area contributed by atoms with E-state index in [4.69, 9.17) is 0 Å². The zero-order chi connectivity index (χ0) is 13.9. The largest absolute Gasteiger partial charge is 0.392 e. The molecule has 0 bridgehead atoms. The molecule has 1 rings (SSSR count). The monoisotopic (exact) mass is 251 g/mol. The fraction of sp³-hybridized carbons (Fsp3) is 0.562. The highest BCUT2D eigenvalue weighted by Crippen LogP contribution is 2.32. The second kappa shape index (κ2) is 6.33. The van der Waals surface area contributed by atoms with E-state index >= 15 is 0 Å². The van der Waals surface area contributed by atoms with Gasteiger partial charge in [0, 0.05) is 5.56 Å². The van der Waals surface area contributed by atoms with Crippen molar-refractivity contribution < 1.29 is 9.50 Å². The van der Waals surface area contributed by atoms with E-state index in [-0.39, 0.29) is 24.3 Å². The first-order chi connectivity index (χ1) is 8.43. The van der Waals surface area contributed by atoms with E-state index in [1.165, 1.54) is 0 Å². The van der Waals surface area contributed by atoms with Crippen LogP contribution in [-0.4, -0.2) is 5.11 Å². The van der Waals surface area contributed by atoms with Gasteiger partial charge in [-0.05, 0) is 41.4 Å². The van der Waals surface area contributed by atoms with Crippen LogP contribution in [0.4, 0.5) is 4.39 Å². The van der Waals surface area contributed by atoms with Crippen LogP contribution in [0.2, 0.25) is 0 Å². The summed E-state index contributed by atoms with van der Waals surface area (Å²) in [5.41, 5.74) is 3.16. The quantitative estimate of drug-likeness (QED) is 0.825. The van der Waals surface area contributed by atoms with E-state index in [1.54, 1.807) is 0 Å². The molecule has 0 aliphatic carbocycles.